The monoisotopic (exact) mass is 651 g/mol. The van der Waals surface area contributed by atoms with Gasteiger partial charge in [-0.1, -0.05) is 170 Å². The van der Waals surface area contributed by atoms with Crippen LogP contribution < -0.4 is 0 Å². The highest BCUT2D eigenvalue weighted by molar-refractivity contribution is 6.23. The van der Waals surface area contributed by atoms with Gasteiger partial charge in [0, 0.05) is 38.4 Å². The molecule has 2 heterocycles. The van der Waals surface area contributed by atoms with E-state index in [0.29, 0.717) is 17.5 Å². The lowest BCUT2D eigenvalue weighted by atomic mass is 9.98. The van der Waals surface area contributed by atoms with Crippen LogP contribution in [0, 0.1) is 0 Å². The predicted octanol–water partition coefficient (Wildman–Crippen LogP) is 12.4. The molecule has 0 saturated carbocycles. The van der Waals surface area contributed by atoms with Crippen molar-refractivity contribution in [2.24, 2.45) is 0 Å². The predicted molar refractivity (Wildman–Crippen MR) is 209 cm³/mol. The first-order chi connectivity index (χ1) is 25.3. The number of fused-ring (bicyclic) bond motifs is 7. The normalized spacial score (nSPS) is 11.5. The van der Waals surface area contributed by atoms with Gasteiger partial charge in [0.15, 0.2) is 17.5 Å². The van der Waals surface area contributed by atoms with Crippen LogP contribution in [0.3, 0.4) is 0 Å². The molecule has 0 N–H and O–H groups in total. The number of furan rings is 1. The third-order valence-corrected chi connectivity index (χ3v) is 9.74. The lowest BCUT2D eigenvalue weighted by molar-refractivity contribution is 0.674. The summed E-state index contributed by atoms with van der Waals surface area (Å²) in [5, 5.41) is 6.95. The number of benzene rings is 8. The van der Waals surface area contributed by atoms with Gasteiger partial charge in [-0.2, -0.15) is 0 Å². The van der Waals surface area contributed by atoms with E-state index in [9.17, 15) is 0 Å². The fourth-order valence-electron chi connectivity index (χ4n) is 7.16. The lowest BCUT2D eigenvalue weighted by Crippen LogP contribution is -2.00. The minimum Gasteiger partial charge on any atom is -0.455 e. The molecule has 0 saturated heterocycles. The quantitative estimate of drug-likeness (QED) is 0.174. The van der Waals surface area contributed by atoms with Gasteiger partial charge >= 0.3 is 0 Å². The molecule has 0 bridgehead atoms. The van der Waals surface area contributed by atoms with E-state index in [2.05, 4.69) is 140 Å². The number of hydrogen-bond acceptors (Lipinski definition) is 4. The van der Waals surface area contributed by atoms with Gasteiger partial charge in [0.25, 0.3) is 0 Å². The Balaban J connectivity index is 1.07. The molecule has 0 atom stereocenters. The Morgan fingerprint density at radius 3 is 1.45 bits per heavy atom. The van der Waals surface area contributed by atoms with Crippen LogP contribution in [0.1, 0.15) is 0 Å². The first-order valence-electron chi connectivity index (χ1n) is 17.1. The Hall–Kier alpha value is -6.91. The van der Waals surface area contributed by atoms with Gasteiger partial charge in [-0.15, -0.1) is 0 Å². The van der Waals surface area contributed by atoms with Gasteiger partial charge in [-0.3, -0.25) is 0 Å². The van der Waals surface area contributed by atoms with Crippen molar-refractivity contribution in [3.8, 4) is 56.4 Å². The number of hydrogen-bond donors (Lipinski definition) is 0. The summed E-state index contributed by atoms with van der Waals surface area (Å²) < 4.78 is 6.81. The summed E-state index contributed by atoms with van der Waals surface area (Å²) >= 11 is 0. The maximum absolute atomic E-state index is 6.81. The summed E-state index contributed by atoms with van der Waals surface area (Å²) in [5.74, 6) is 1.89. The van der Waals surface area contributed by atoms with Gasteiger partial charge < -0.3 is 4.42 Å². The van der Waals surface area contributed by atoms with E-state index in [4.69, 9.17) is 19.4 Å². The van der Waals surface area contributed by atoms with Crippen molar-refractivity contribution in [1.82, 2.24) is 15.0 Å². The molecule has 0 aliphatic heterocycles. The molecule has 0 amide bonds. The number of aromatic nitrogens is 3. The van der Waals surface area contributed by atoms with E-state index >= 15 is 0 Å². The number of nitrogens with zero attached hydrogens (tertiary/aromatic N) is 3. The van der Waals surface area contributed by atoms with E-state index in [-0.39, 0.29) is 0 Å². The zero-order valence-electron chi connectivity index (χ0n) is 27.5. The molecule has 4 nitrogen and oxygen atoms in total. The van der Waals surface area contributed by atoms with Crippen LogP contribution in [0.5, 0.6) is 0 Å². The Bertz CT molecular complexity index is 2880. The van der Waals surface area contributed by atoms with Crippen LogP contribution in [0.25, 0.3) is 99.9 Å². The van der Waals surface area contributed by atoms with Gasteiger partial charge in [0.2, 0.25) is 0 Å². The number of para-hydroxylation sites is 1. The number of rotatable bonds is 5. The van der Waals surface area contributed by atoms with Crippen LogP contribution in [0.4, 0.5) is 0 Å². The molecule has 51 heavy (non-hydrogen) atoms. The van der Waals surface area contributed by atoms with Crippen LogP contribution in [0.15, 0.2) is 180 Å². The summed E-state index contributed by atoms with van der Waals surface area (Å²) in [5.41, 5.74) is 9.02. The van der Waals surface area contributed by atoms with Gasteiger partial charge in [0.05, 0.1) is 0 Å². The summed E-state index contributed by atoms with van der Waals surface area (Å²) in [6, 6.07) is 60.9. The van der Waals surface area contributed by atoms with Gasteiger partial charge in [-0.05, 0) is 38.9 Å². The third-order valence-electron chi connectivity index (χ3n) is 9.74. The van der Waals surface area contributed by atoms with E-state index in [0.717, 1.165) is 60.7 Å². The highest BCUT2D eigenvalue weighted by Gasteiger charge is 2.17. The SMILES string of the molecule is c1ccc(-c2ccc(-c3nc(-c4ccccc4)nc(-c4ccc(-c5cccc6c5oc5c6ccc6ccc7ccccc7c65)cc4)n3)cc2)cc1. The molecule has 2 aromatic heterocycles. The Kier molecular flexibility index (Phi) is 6.78. The molecule has 0 aliphatic carbocycles. The molecule has 238 valence electrons. The summed E-state index contributed by atoms with van der Waals surface area (Å²) in [6.07, 6.45) is 0. The molecule has 0 radical (unpaired) electrons. The molecule has 0 spiro atoms. The highest BCUT2D eigenvalue weighted by atomic mass is 16.3. The van der Waals surface area contributed by atoms with E-state index < -0.39 is 0 Å². The van der Waals surface area contributed by atoms with Crippen LogP contribution >= 0.6 is 0 Å². The zero-order chi connectivity index (χ0) is 33.7. The Morgan fingerprint density at radius 2 is 0.765 bits per heavy atom. The summed E-state index contributed by atoms with van der Waals surface area (Å²) in [6.45, 7) is 0. The van der Waals surface area contributed by atoms with Crippen molar-refractivity contribution < 1.29 is 4.42 Å². The van der Waals surface area contributed by atoms with E-state index in [1.165, 1.54) is 21.7 Å². The molecular formula is C47H29N3O. The van der Waals surface area contributed by atoms with Gasteiger partial charge in [0.1, 0.15) is 11.2 Å². The fourth-order valence-corrected chi connectivity index (χ4v) is 7.16. The fraction of sp³-hybridized carbons (Fsp3) is 0. The topological polar surface area (TPSA) is 51.8 Å². The first-order valence-corrected chi connectivity index (χ1v) is 17.1. The maximum Gasteiger partial charge on any atom is 0.164 e. The average molecular weight is 652 g/mol. The molecule has 0 unspecified atom stereocenters. The van der Waals surface area contributed by atoms with Crippen LogP contribution in [0.2, 0.25) is 0 Å². The minimum absolute atomic E-state index is 0.623. The van der Waals surface area contributed by atoms with Crippen molar-refractivity contribution in [3.63, 3.8) is 0 Å². The lowest BCUT2D eigenvalue weighted by Gasteiger charge is -2.10. The van der Waals surface area contributed by atoms with Crippen molar-refractivity contribution in [2.45, 2.75) is 0 Å². The molecular weight excluding hydrogens is 623 g/mol. The van der Waals surface area contributed by atoms with Crippen molar-refractivity contribution in [3.05, 3.63) is 176 Å². The standard InChI is InChI=1S/C47H29N3O/c1-3-10-30(11-4-1)31-18-24-36(25-19-31)46-48-45(35-13-5-2-6-14-35)49-47(50-46)37-26-21-33(22-27-37)39-16-9-17-40-41-29-28-34-23-20-32-12-7-8-15-38(32)42(34)44(41)51-43(39)40/h1-29H. The summed E-state index contributed by atoms with van der Waals surface area (Å²) in [4.78, 5) is 14.9. The van der Waals surface area contributed by atoms with Gasteiger partial charge in [-0.25, -0.2) is 15.0 Å². The second-order valence-corrected chi connectivity index (χ2v) is 12.8. The Labute approximate surface area is 294 Å². The summed E-state index contributed by atoms with van der Waals surface area (Å²) in [7, 11) is 0. The van der Waals surface area contributed by atoms with E-state index in [1.807, 2.05) is 36.4 Å². The second kappa shape index (κ2) is 11.9. The maximum atomic E-state index is 6.81. The second-order valence-electron chi connectivity index (χ2n) is 12.8. The average Bonchev–Trinajstić information content (AvgIpc) is 3.60. The van der Waals surface area contributed by atoms with E-state index in [1.54, 1.807) is 0 Å². The molecule has 10 aromatic rings. The molecule has 8 aromatic carbocycles. The minimum atomic E-state index is 0.623. The van der Waals surface area contributed by atoms with Crippen molar-refractivity contribution in [2.75, 3.05) is 0 Å². The molecule has 4 heteroatoms. The molecule has 0 fully saturated rings. The Morgan fingerprint density at radius 1 is 0.294 bits per heavy atom. The van der Waals surface area contributed by atoms with Crippen LogP contribution in [-0.4, -0.2) is 15.0 Å². The zero-order valence-corrected chi connectivity index (χ0v) is 27.5. The molecule has 10 rings (SSSR count). The highest BCUT2D eigenvalue weighted by Crippen LogP contribution is 2.41. The van der Waals surface area contributed by atoms with Crippen molar-refractivity contribution >= 4 is 43.5 Å². The molecule has 0 aliphatic rings. The first kappa shape index (κ1) is 29.0. The smallest absolute Gasteiger partial charge is 0.164 e. The third kappa shape index (κ3) is 5.04. The van der Waals surface area contributed by atoms with Crippen LogP contribution in [-0.2, 0) is 0 Å². The largest absolute Gasteiger partial charge is 0.455 e. The van der Waals surface area contributed by atoms with Crippen molar-refractivity contribution in [1.29, 1.82) is 0 Å².